The summed E-state index contributed by atoms with van der Waals surface area (Å²) in [5, 5.41) is 15.3. The smallest absolute Gasteiger partial charge is 0.326 e. The Morgan fingerprint density at radius 2 is 1.97 bits per heavy atom. The monoisotopic (exact) mass is 480 g/mol. The van der Waals surface area contributed by atoms with Crippen LogP contribution in [0.25, 0.3) is 0 Å². The van der Waals surface area contributed by atoms with E-state index >= 15 is 0 Å². The van der Waals surface area contributed by atoms with Crippen LogP contribution in [0.15, 0.2) is 24.5 Å². The Morgan fingerprint density at radius 1 is 1.19 bits per heavy atom. The molecule has 1 amide bonds. The highest BCUT2D eigenvalue weighted by Crippen LogP contribution is 2.23. The Hall–Kier alpha value is -2.42. The van der Waals surface area contributed by atoms with Gasteiger partial charge in [-0.15, -0.1) is 0 Å². The standard InChI is InChI=1S/C22H26Cl2N4O4/c23-16-12-25-13-17(24)19(16)21(29)28-18(22(30)31)8-11-32-10-2-1-5-15-7-6-14-4-3-9-26-20(14)27-15/h6-7,12-13,18H,1-5,8-11H2,(H,26,27)(H,28,29)(H,30,31). The van der Waals surface area contributed by atoms with Crippen LogP contribution in [0.5, 0.6) is 0 Å². The number of amides is 1. The molecule has 8 nitrogen and oxygen atoms in total. The first-order valence-corrected chi connectivity index (χ1v) is 11.3. The summed E-state index contributed by atoms with van der Waals surface area (Å²) in [7, 11) is 0. The van der Waals surface area contributed by atoms with Crippen LogP contribution in [0.3, 0.4) is 0 Å². The van der Waals surface area contributed by atoms with Crippen LogP contribution >= 0.6 is 23.2 Å². The van der Waals surface area contributed by atoms with Crippen LogP contribution in [0.4, 0.5) is 5.82 Å². The molecule has 1 aliphatic heterocycles. The van der Waals surface area contributed by atoms with Crippen LogP contribution in [0.1, 0.15) is 47.3 Å². The lowest BCUT2D eigenvalue weighted by Gasteiger charge is -2.17. The molecule has 3 rings (SSSR count). The highest BCUT2D eigenvalue weighted by Gasteiger charge is 2.23. The number of carbonyl (C=O) groups is 2. The SMILES string of the molecule is O=C(NC(CCOCCCCc1ccc2c(n1)NCCC2)C(=O)O)c1c(Cl)cncc1Cl. The summed E-state index contributed by atoms with van der Waals surface area (Å²) in [5.74, 6) is -0.821. The summed E-state index contributed by atoms with van der Waals surface area (Å²) in [5.41, 5.74) is 2.33. The summed E-state index contributed by atoms with van der Waals surface area (Å²) >= 11 is 11.9. The number of carbonyl (C=O) groups excluding carboxylic acids is 1. The first-order valence-electron chi connectivity index (χ1n) is 10.6. The van der Waals surface area contributed by atoms with Crippen molar-refractivity contribution in [3.63, 3.8) is 0 Å². The first-order chi connectivity index (χ1) is 15.5. The van der Waals surface area contributed by atoms with E-state index in [1.165, 1.54) is 18.0 Å². The van der Waals surface area contributed by atoms with E-state index in [4.69, 9.17) is 27.9 Å². The number of hydrogen-bond acceptors (Lipinski definition) is 6. The number of aromatic nitrogens is 2. The summed E-state index contributed by atoms with van der Waals surface area (Å²) in [6.07, 6.45) is 7.50. The molecule has 1 aliphatic rings. The highest BCUT2D eigenvalue weighted by molar-refractivity contribution is 6.39. The second kappa shape index (κ2) is 12.0. The second-order valence-corrected chi connectivity index (χ2v) is 8.36. The fourth-order valence-electron chi connectivity index (χ4n) is 3.44. The molecule has 0 radical (unpaired) electrons. The molecule has 172 valence electrons. The van der Waals surface area contributed by atoms with Gasteiger partial charge in [-0.1, -0.05) is 29.3 Å². The molecule has 2 aromatic heterocycles. The third-order valence-corrected chi connectivity index (χ3v) is 5.73. The zero-order valence-electron chi connectivity index (χ0n) is 17.6. The Bertz CT molecular complexity index is 937. The molecule has 0 aliphatic carbocycles. The molecule has 0 bridgehead atoms. The molecule has 0 saturated heterocycles. The van der Waals surface area contributed by atoms with Crippen molar-refractivity contribution in [3.8, 4) is 0 Å². The lowest BCUT2D eigenvalue weighted by atomic mass is 10.1. The molecular formula is C22H26Cl2N4O4. The number of aryl methyl sites for hydroxylation is 2. The third kappa shape index (κ3) is 6.79. The molecule has 3 heterocycles. The van der Waals surface area contributed by atoms with Crippen molar-refractivity contribution in [3.05, 3.63) is 51.4 Å². The largest absolute Gasteiger partial charge is 0.480 e. The minimum atomic E-state index is -1.16. The maximum atomic E-state index is 12.4. The number of rotatable bonds is 11. The van der Waals surface area contributed by atoms with Crippen molar-refractivity contribution in [1.29, 1.82) is 0 Å². The maximum absolute atomic E-state index is 12.4. The number of halogens is 2. The van der Waals surface area contributed by atoms with Gasteiger partial charge in [-0.05, 0) is 43.7 Å². The Balaban J connectivity index is 1.36. The lowest BCUT2D eigenvalue weighted by molar-refractivity contribution is -0.139. The van der Waals surface area contributed by atoms with E-state index in [2.05, 4.69) is 32.7 Å². The van der Waals surface area contributed by atoms with Gasteiger partial charge in [0.05, 0.1) is 15.6 Å². The molecule has 1 atom stereocenters. The molecule has 1 unspecified atom stereocenters. The molecular weight excluding hydrogens is 455 g/mol. The van der Waals surface area contributed by atoms with E-state index < -0.39 is 17.9 Å². The van der Waals surface area contributed by atoms with Crippen LogP contribution in [0, 0.1) is 0 Å². The van der Waals surface area contributed by atoms with E-state index in [-0.39, 0.29) is 28.6 Å². The van der Waals surface area contributed by atoms with Crippen molar-refractivity contribution >= 4 is 40.9 Å². The van der Waals surface area contributed by atoms with Gasteiger partial charge in [0.25, 0.3) is 5.91 Å². The number of ether oxygens (including phenoxy) is 1. The van der Waals surface area contributed by atoms with E-state index in [0.29, 0.717) is 6.61 Å². The topological polar surface area (TPSA) is 113 Å². The van der Waals surface area contributed by atoms with Gasteiger partial charge in [-0.3, -0.25) is 9.78 Å². The van der Waals surface area contributed by atoms with Gasteiger partial charge < -0.3 is 20.5 Å². The quantitative estimate of drug-likeness (QED) is 0.419. The van der Waals surface area contributed by atoms with Crippen molar-refractivity contribution in [2.24, 2.45) is 0 Å². The Kier molecular flexibility index (Phi) is 9.08. The van der Waals surface area contributed by atoms with Gasteiger partial charge in [-0.25, -0.2) is 9.78 Å². The highest BCUT2D eigenvalue weighted by atomic mass is 35.5. The number of fused-ring (bicyclic) bond motifs is 1. The summed E-state index contributed by atoms with van der Waals surface area (Å²) in [6, 6.07) is 3.11. The zero-order valence-corrected chi connectivity index (χ0v) is 19.1. The minimum absolute atomic E-state index is 0.00138. The van der Waals surface area contributed by atoms with E-state index in [0.717, 1.165) is 50.2 Å². The zero-order chi connectivity index (χ0) is 22.9. The second-order valence-electron chi connectivity index (χ2n) is 7.54. The number of carboxylic acid groups (broad SMARTS) is 1. The van der Waals surface area contributed by atoms with Crippen LogP contribution < -0.4 is 10.6 Å². The number of pyridine rings is 2. The van der Waals surface area contributed by atoms with Crippen LogP contribution in [-0.2, 0) is 22.4 Å². The average Bonchev–Trinajstić information content (AvgIpc) is 2.77. The van der Waals surface area contributed by atoms with Gasteiger partial charge in [0.2, 0.25) is 0 Å². The van der Waals surface area contributed by atoms with Gasteiger partial charge in [0.1, 0.15) is 11.9 Å². The molecule has 0 saturated carbocycles. The Labute approximate surface area is 196 Å². The molecule has 2 aromatic rings. The molecule has 3 N–H and O–H groups in total. The fraction of sp³-hybridized carbons (Fsp3) is 0.455. The van der Waals surface area contributed by atoms with E-state index in [1.54, 1.807) is 0 Å². The van der Waals surface area contributed by atoms with Crippen molar-refractivity contribution < 1.29 is 19.4 Å². The number of hydrogen-bond donors (Lipinski definition) is 3. The lowest BCUT2D eigenvalue weighted by Crippen LogP contribution is -2.41. The van der Waals surface area contributed by atoms with Crippen molar-refractivity contribution in [2.75, 3.05) is 25.1 Å². The maximum Gasteiger partial charge on any atom is 0.326 e. The van der Waals surface area contributed by atoms with Gasteiger partial charge in [0, 0.05) is 44.3 Å². The number of nitrogens with zero attached hydrogens (tertiary/aromatic N) is 2. The molecule has 32 heavy (non-hydrogen) atoms. The molecule has 0 fully saturated rings. The minimum Gasteiger partial charge on any atom is -0.480 e. The number of unbranched alkanes of at least 4 members (excludes halogenated alkanes) is 1. The number of anilines is 1. The first kappa shape index (κ1) is 24.2. The number of carboxylic acids is 1. The van der Waals surface area contributed by atoms with Gasteiger partial charge in [-0.2, -0.15) is 0 Å². The Morgan fingerprint density at radius 3 is 2.72 bits per heavy atom. The van der Waals surface area contributed by atoms with Crippen molar-refractivity contribution in [1.82, 2.24) is 15.3 Å². The van der Waals surface area contributed by atoms with Gasteiger partial charge in [0.15, 0.2) is 0 Å². The van der Waals surface area contributed by atoms with E-state index in [1.807, 2.05) is 0 Å². The van der Waals surface area contributed by atoms with Gasteiger partial charge >= 0.3 is 5.97 Å². The summed E-state index contributed by atoms with van der Waals surface area (Å²) in [6.45, 7) is 1.68. The summed E-state index contributed by atoms with van der Waals surface area (Å²) in [4.78, 5) is 32.3. The molecule has 10 heteroatoms. The normalized spacial score (nSPS) is 13.7. The van der Waals surface area contributed by atoms with Crippen LogP contribution in [-0.4, -0.2) is 52.8 Å². The third-order valence-electron chi connectivity index (χ3n) is 5.16. The average molecular weight is 481 g/mol. The molecule has 0 spiro atoms. The van der Waals surface area contributed by atoms with Crippen molar-refractivity contribution in [2.45, 2.75) is 44.6 Å². The predicted molar refractivity (Wildman–Crippen MR) is 123 cm³/mol. The molecule has 0 aromatic carbocycles. The van der Waals surface area contributed by atoms with Crippen LogP contribution in [0.2, 0.25) is 10.0 Å². The fourth-order valence-corrected chi connectivity index (χ4v) is 3.97. The number of nitrogens with one attached hydrogen (secondary N) is 2. The summed E-state index contributed by atoms with van der Waals surface area (Å²) < 4.78 is 5.57. The number of aliphatic carboxylic acids is 1. The van der Waals surface area contributed by atoms with E-state index in [9.17, 15) is 14.7 Å². The predicted octanol–water partition coefficient (Wildman–Crippen LogP) is 3.75.